The van der Waals surface area contributed by atoms with E-state index in [0.29, 0.717) is 13.0 Å². The Morgan fingerprint density at radius 2 is 1.86 bits per heavy atom. The summed E-state index contributed by atoms with van der Waals surface area (Å²) in [6.45, 7) is 7.92. The molecule has 2 rings (SSSR count). The maximum absolute atomic E-state index is 10.9. The lowest BCUT2D eigenvalue weighted by molar-refractivity contribution is -0.385. The SMILES string of the molecule is C=CCOc1ccccc1Cc1c(C)cc([N+](=O)[O-])cc1C. The van der Waals surface area contributed by atoms with Crippen molar-refractivity contribution in [2.45, 2.75) is 20.3 Å². The van der Waals surface area contributed by atoms with Gasteiger partial charge in [0.05, 0.1) is 4.92 Å². The summed E-state index contributed by atoms with van der Waals surface area (Å²) in [6, 6.07) is 11.1. The van der Waals surface area contributed by atoms with Gasteiger partial charge in [-0.25, -0.2) is 0 Å². The third-order valence-corrected chi connectivity index (χ3v) is 3.59. The Morgan fingerprint density at radius 1 is 1.23 bits per heavy atom. The standard InChI is InChI=1S/C18H19NO3/c1-4-9-22-18-8-6-5-7-15(18)12-17-13(2)10-16(19(20)21)11-14(17)3/h4-8,10-11H,1,9,12H2,2-3H3. The van der Waals surface area contributed by atoms with Crippen LogP contribution in [-0.4, -0.2) is 11.5 Å². The van der Waals surface area contributed by atoms with Crippen molar-refractivity contribution < 1.29 is 9.66 Å². The smallest absolute Gasteiger partial charge is 0.269 e. The first kappa shape index (κ1) is 15.8. The highest BCUT2D eigenvalue weighted by molar-refractivity contribution is 5.48. The predicted octanol–water partition coefficient (Wildman–Crippen LogP) is 4.37. The predicted molar refractivity (Wildman–Crippen MR) is 87.5 cm³/mol. The number of nitro groups is 1. The van der Waals surface area contributed by atoms with E-state index in [1.165, 1.54) is 0 Å². The van der Waals surface area contributed by atoms with Crippen molar-refractivity contribution >= 4 is 5.69 Å². The molecule has 0 atom stereocenters. The number of benzene rings is 2. The molecule has 0 heterocycles. The zero-order chi connectivity index (χ0) is 16.1. The molecule has 2 aromatic rings. The van der Waals surface area contributed by atoms with Crippen LogP contribution in [0.3, 0.4) is 0 Å². The fourth-order valence-electron chi connectivity index (χ4n) is 2.48. The normalized spacial score (nSPS) is 10.3. The zero-order valence-corrected chi connectivity index (χ0v) is 12.8. The first-order valence-corrected chi connectivity index (χ1v) is 7.09. The number of nitrogens with zero attached hydrogens (tertiary/aromatic N) is 1. The number of hydrogen-bond acceptors (Lipinski definition) is 3. The Bertz CT molecular complexity index is 684. The van der Waals surface area contributed by atoms with Crippen LogP contribution in [0.1, 0.15) is 22.3 Å². The second-order valence-corrected chi connectivity index (χ2v) is 5.20. The van der Waals surface area contributed by atoms with Gasteiger partial charge in [0.25, 0.3) is 5.69 Å². The average Bonchev–Trinajstić information content (AvgIpc) is 2.49. The summed E-state index contributed by atoms with van der Waals surface area (Å²) in [5.41, 5.74) is 4.13. The van der Waals surface area contributed by atoms with Crippen LogP contribution in [0.4, 0.5) is 5.69 Å². The summed E-state index contributed by atoms with van der Waals surface area (Å²) in [5, 5.41) is 10.9. The van der Waals surface area contributed by atoms with Crippen LogP contribution < -0.4 is 4.74 Å². The van der Waals surface area contributed by atoms with Crippen LogP contribution in [-0.2, 0) is 6.42 Å². The molecule has 0 radical (unpaired) electrons. The molecule has 2 aromatic carbocycles. The van der Waals surface area contributed by atoms with Crippen LogP contribution in [0.5, 0.6) is 5.75 Å². The topological polar surface area (TPSA) is 52.4 Å². The molecule has 0 unspecified atom stereocenters. The number of hydrogen-bond donors (Lipinski definition) is 0. The van der Waals surface area contributed by atoms with E-state index in [1.807, 2.05) is 38.1 Å². The molecular formula is C18H19NO3. The maximum atomic E-state index is 10.9. The molecule has 0 aliphatic heterocycles. The van der Waals surface area contributed by atoms with Gasteiger partial charge in [0.1, 0.15) is 12.4 Å². The van der Waals surface area contributed by atoms with Crippen molar-refractivity contribution in [1.29, 1.82) is 0 Å². The minimum Gasteiger partial charge on any atom is -0.489 e. The number of aryl methyl sites for hydroxylation is 2. The van der Waals surface area contributed by atoms with Gasteiger partial charge in [0.15, 0.2) is 0 Å². The Kier molecular flexibility index (Phi) is 4.94. The molecule has 0 aliphatic carbocycles. The first-order chi connectivity index (χ1) is 10.5. The van der Waals surface area contributed by atoms with Crippen LogP contribution >= 0.6 is 0 Å². The third kappa shape index (κ3) is 3.52. The monoisotopic (exact) mass is 297 g/mol. The number of ether oxygens (including phenoxy) is 1. The van der Waals surface area contributed by atoms with Crippen molar-refractivity contribution in [3.8, 4) is 5.75 Å². The summed E-state index contributed by atoms with van der Waals surface area (Å²) in [7, 11) is 0. The van der Waals surface area contributed by atoms with Crippen molar-refractivity contribution in [2.24, 2.45) is 0 Å². The number of non-ortho nitro benzene ring substituents is 1. The van der Waals surface area contributed by atoms with E-state index in [4.69, 9.17) is 4.74 Å². The third-order valence-electron chi connectivity index (χ3n) is 3.59. The molecule has 4 nitrogen and oxygen atoms in total. The molecule has 0 N–H and O–H groups in total. The lowest BCUT2D eigenvalue weighted by Crippen LogP contribution is -2.02. The molecule has 0 saturated heterocycles. The van der Waals surface area contributed by atoms with Gasteiger partial charge in [-0.15, -0.1) is 0 Å². The Balaban J connectivity index is 2.35. The second kappa shape index (κ2) is 6.89. The Hall–Kier alpha value is -2.62. The molecule has 0 saturated carbocycles. The van der Waals surface area contributed by atoms with E-state index < -0.39 is 0 Å². The molecule has 0 fully saturated rings. The van der Waals surface area contributed by atoms with E-state index in [2.05, 4.69) is 6.58 Å². The summed E-state index contributed by atoms with van der Waals surface area (Å²) >= 11 is 0. The summed E-state index contributed by atoms with van der Waals surface area (Å²) in [4.78, 5) is 10.6. The molecule has 0 aliphatic rings. The maximum Gasteiger partial charge on any atom is 0.269 e. The molecule has 0 aromatic heterocycles. The fourth-order valence-corrected chi connectivity index (χ4v) is 2.48. The van der Waals surface area contributed by atoms with Gasteiger partial charge in [-0.05, 0) is 42.2 Å². The average molecular weight is 297 g/mol. The van der Waals surface area contributed by atoms with E-state index >= 15 is 0 Å². The molecule has 0 amide bonds. The van der Waals surface area contributed by atoms with Crippen molar-refractivity contribution in [3.05, 3.63) is 81.4 Å². The van der Waals surface area contributed by atoms with E-state index in [9.17, 15) is 10.1 Å². The minimum atomic E-state index is -0.356. The number of para-hydroxylation sites is 1. The van der Waals surface area contributed by atoms with E-state index in [1.54, 1.807) is 18.2 Å². The van der Waals surface area contributed by atoms with Gasteiger partial charge in [0.2, 0.25) is 0 Å². The summed E-state index contributed by atoms with van der Waals surface area (Å²) in [5.74, 6) is 0.819. The van der Waals surface area contributed by atoms with Crippen LogP contribution in [0.2, 0.25) is 0 Å². The van der Waals surface area contributed by atoms with Gasteiger partial charge in [-0.3, -0.25) is 10.1 Å². The van der Waals surface area contributed by atoms with Crippen LogP contribution in [0.15, 0.2) is 49.1 Å². The largest absolute Gasteiger partial charge is 0.489 e. The number of nitro benzene ring substituents is 1. The lowest BCUT2D eigenvalue weighted by atomic mass is 9.95. The van der Waals surface area contributed by atoms with Crippen LogP contribution in [0.25, 0.3) is 0 Å². The van der Waals surface area contributed by atoms with Crippen LogP contribution in [0, 0.1) is 24.0 Å². The van der Waals surface area contributed by atoms with Gasteiger partial charge in [0, 0.05) is 18.6 Å². The molecule has 0 spiro atoms. The van der Waals surface area contributed by atoms with Gasteiger partial charge >= 0.3 is 0 Å². The highest BCUT2D eigenvalue weighted by atomic mass is 16.6. The second-order valence-electron chi connectivity index (χ2n) is 5.20. The Labute approximate surface area is 130 Å². The minimum absolute atomic E-state index is 0.134. The molecule has 0 bridgehead atoms. The van der Waals surface area contributed by atoms with Crippen molar-refractivity contribution in [1.82, 2.24) is 0 Å². The highest BCUT2D eigenvalue weighted by Gasteiger charge is 2.13. The first-order valence-electron chi connectivity index (χ1n) is 7.09. The summed E-state index contributed by atoms with van der Waals surface area (Å²) in [6.07, 6.45) is 2.39. The van der Waals surface area contributed by atoms with E-state index in [0.717, 1.165) is 28.0 Å². The summed E-state index contributed by atoms with van der Waals surface area (Å²) < 4.78 is 5.67. The van der Waals surface area contributed by atoms with Gasteiger partial charge in [-0.2, -0.15) is 0 Å². The quantitative estimate of drug-likeness (QED) is 0.452. The van der Waals surface area contributed by atoms with Crippen molar-refractivity contribution in [2.75, 3.05) is 6.61 Å². The van der Waals surface area contributed by atoms with Gasteiger partial charge < -0.3 is 4.74 Å². The van der Waals surface area contributed by atoms with Gasteiger partial charge in [-0.1, -0.05) is 30.9 Å². The zero-order valence-electron chi connectivity index (χ0n) is 12.8. The molecular weight excluding hydrogens is 278 g/mol. The number of rotatable bonds is 6. The molecule has 114 valence electrons. The Morgan fingerprint density at radius 3 is 2.45 bits per heavy atom. The fraction of sp³-hybridized carbons (Fsp3) is 0.222. The molecule has 4 heteroatoms. The lowest BCUT2D eigenvalue weighted by Gasteiger charge is -2.13. The highest BCUT2D eigenvalue weighted by Crippen LogP contribution is 2.27. The molecule has 22 heavy (non-hydrogen) atoms. The van der Waals surface area contributed by atoms with E-state index in [-0.39, 0.29) is 10.6 Å². The van der Waals surface area contributed by atoms with Crippen molar-refractivity contribution in [3.63, 3.8) is 0 Å².